The zero-order valence-corrected chi connectivity index (χ0v) is 11.9. The Kier molecular flexibility index (Phi) is 4.83. The van der Waals surface area contributed by atoms with E-state index in [2.05, 4.69) is 24.7 Å². The monoisotopic (exact) mass is 296 g/mol. The smallest absolute Gasteiger partial charge is 0.216 e. The van der Waals surface area contributed by atoms with Gasteiger partial charge in [0.05, 0.1) is 12.3 Å². The first-order valence-electron chi connectivity index (χ1n) is 6.04. The second-order valence-electron chi connectivity index (χ2n) is 4.28. The Morgan fingerprint density at radius 1 is 1.25 bits per heavy atom. The molecule has 0 aliphatic carbocycles. The molecule has 8 heteroatoms. The SMILES string of the molecule is CNCc1cccc(CS(=O)(=O)NCc2ncon2)c1. The molecule has 0 unspecified atom stereocenters. The van der Waals surface area contributed by atoms with Gasteiger partial charge in [-0.15, -0.1) is 0 Å². The zero-order valence-electron chi connectivity index (χ0n) is 11.0. The second-order valence-corrected chi connectivity index (χ2v) is 6.08. The van der Waals surface area contributed by atoms with E-state index < -0.39 is 10.0 Å². The van der Waals surface area contributed by atoms with E-state index in [9.17, 15) is 8.42 Å². The molecule has 0 atom stereocenters. The van der Waals surface area contributed by atoms with E-state index in [1.54, 1.807) is 6.07 Å². The Bertz CT molecular complexity index is 640. The first-order valence-corrected chi connectivity index (χ1v) is 7.69. The van der Waals surface area contributed by atoms with Gasteiger partial charge in [0, 0.05) is 6.54 Å². The van der Waals surface area contributed by atoms with E-state index in [-0.39, 0.29) is 12.3 Å². The maximum absolute atomic E-state index is 12.0. The molecule has 0 spiro atoms. The van der Waals surface area contributed by atoms with Crippen molar-refractivity contribution in [3.05, 3.63) is 47.6 Å². The van der Waals surface area contributed by atoms with Gasteiger partial charge in [-0.1, -0.05) is 29.4 Å². The van der Waals surface area contributed by atoms with Crippen LogP contribution in [0.15, 0.2) is 35.2 Å². The number of nitrogens with zero attached hydrogens (tertiary/aromatic N) is 2. The number of nitrogens with one attached hydrogen (secondary N) is 2. The van der Waals surface area contributed by atoms with Crippen LogP contribution in [0.1, 0.15) is 17.0 Å². The molecule has 0 saturated heterocycles. The highest BCUT2D eigenvalue weighted by Gasteiger charge is 2.12. The Morgan fingerprint density at radius 3 is 2.75 bits per heavy atom. The highest BCUT2D eigenvalue weighted by Crippen LogP contribution is 2.09. The second kappa shape index (κ2) is 6.60. The third-order valence-electron chi connectivity index (χ3n) is 2.59. The molecule has 1 aromatic heterocycles. The van der Waals surface area contributed by atoms with Crippen molar-refractivity contribution in [2.24, 2.45) is 0 Å². The Balaban J connectivity index is 1.98. The Morgan fingerprint density at radius 2 is 2.05 bits per heavy atom. The number of aromatic nitrogens is 2. The van der Waals surface area contributed by atoms with Gasteiger partial charge in [-0.3, -0.25) is 0 Å². The molecule has 108 valence electrons. The molecule has 2 rings (SSSR count). The minimum absolute atomic E-state index is 0.0229. The summed E-state index contributed by atoms with van der Waals surface area (Å²) < 4.78 is 30.9. The van der Waals surface area contributed by atoms with Crippen molar-refractivity contribution in [3.63, 3.8) is 0 Å². The summed E-state index contributed by atoms with van der Waals surface area (Å²) in [6.07, 6.45) is 1.16. The minimum Gasteiger partial charge on any atom is -0.343 e. The number of sulfonamides is 1. The molecule has 0 aliphatic rings. The lowest BCUT2D eigenvalue weighted by atomic mass is 10.1. The van der Waals surface area contributed by atoms with Crippen molar-refractivity contribution >= 4 is 10.0 Å². The van der Waals surface area contributed by atoms with E-state index in [1.165, 1.54) is 0 Å². The van der Waals surface area contributed by atoms with Crippen molar-refractivity contribution in [1.82, 2.24) is 20.2 Å². The largest absolute Gasteiger partial charge is 0.343 e. The van der Waals surface area contributed by atoms with Crippen LogP contribution < -0.4 is 10.0 Å². The van der Waals surface area contributed by atoms with E-state index in [0.717, 1.165) is 17.5 Å². The third kappa shape index (κ3) is 4.41. The fourth-order valence-corrected chi connectivity index (χ4v) is 2.82. The average Bonchev–Trinajstić information content (AvgIpc) is 2.90. The Hall–Kier alpha value is -1.77. The lowest BCUT2D eigenvalue weighted by Gasteiger charge is -2.07. The van der Waals surface area contributed by atoms with Gasteiger partial charge in [0.25, 0.3) is 0 Å². The van der Waals surface area contributed by atoms with E-state index in [0.29, 0.717) is 12.4 Å². The van der Waals surface area contributed by atoms with Crippen LogP contribution in [0, 0.1) is 0 Å². The summed E-state index contributed by atoms with van der Waals surface area (Å²) in [6, 6.07) is 7.44. The summed E-state index contributed by atoms with van der Waals surface area (Å²) >= 11 is 0. The van der Waals surface area contributed by atoms with Crippen LogP contribution in [-0.2, 0) is 28.9 Å². The maximum atomic E-state index is 12.0. The summed E-state index contributed by atoms with van der Waals surface area (Å²) in [4.78, 5) is 3.75. The Labute approximate surface area is 117 Å². The molecule has 1 heterocycles. The summed E-state index contributed by atoms with van der Waals surface area (Å²) in [5.74, 6) is 0.222. The standard InChI is InChI=1S/C12H16N4O3S/c1-13-6-10-3-2-4-11(5-10)8-20(17,18)15-7-12-14-9-19-16-12/h2-5,9,13,15H,6-8H2,1H3. The molecule has 0 bridgehead atoms. The fourth-order valence-electron chi connectivity index (χ4n) is 1.75. The molecule has 0 aliphatic heterocycles. The molecule has 0 saturated carbocycles. The highest BCUT2D eigenvalue weighted by molar-refractivity contribution is 7.88. The van der Waals surface area contributed by atoms with Crippen LogP contribution in [-0.4, -0.2) is 25.6 Å². The van der Waals surface area contributed by atoms with Crippen LogP contribution in [0.5, 0.6) is 0 Å². The molecule has 2 N–H and O–H groups in total. The summed E-state index contributed by atoms with van der Waals surface area (Å²) in [5.41, 5.74) is 1.77. The zero-order chi connectivity index (χ0) is 14.4. The van der Waals surface area contributed by atoms with Crippen LogP contribution in [0.3, 0.4) is 0 Å². The highest BCUT2D eigenvalue weighted by atomic mass is 32.2. The lowest BCUT2D eigenvalue weighted by Crippen LogP contribution is -2.25. The molecule has 1 aromatic carbocycles. The van der Waals surface area contributed by atoms with Gasteiger partial charge in [-0.25, -0.2) is 13.1 Å². The molecule has 2 aromatic rings. The van der Waals surface area contributed by atoms with Crippen LogP contribution in [0.4, 0.5) is 0 Å². The van der Waals surface area contributed by atoms with Gasteiger partial charge < -0.3 is 9.84 Å². The van der Waals surface area contributed by atoms with E-state index in [4.69, 9.17) is 0 Å². The van der Waals surface area contributed by atoms with Crippen molar-refractivity contribution < 1.29 is 12.9 Å². The number of hydrogen-bond acceptors (Lipinski definition) is 6. The molecular formula is C12H16N4O3S. The number of rotatable bonds is 7. The van der Waals surface area contributed by atoms with Crippen molar-refractivity contribution in [3.8, 4) is 0 Å². The molecule has 0 amide bonds. The van der Waals surface area contributed by atoms with Gasteiger partial charge in [0.1, 0.15) is 0 Å². The molecule has 0 radical (unpaired) electrons. The predicted octanol–water partition coefficient (Wildman–Crippen LogP) is 0.409. The lowest BCUT2D eigenvalue weighted by molar-refractivity contribution is 0.409. The van der Waals surface area contributed by atoms with Crippen LogP contribution in [0.25, 0.3) is 0 Å². The molecular weight excluding hydrogens is 280 g/mol. The van der Waals surface area contributed by atoms with E-state index in [1.807, 2.05) is 25.2 Å². The first-order chi connectivity index (χ1) is 9.59. The van der Waals surface area contributed by atoms with Gasteiger partial charge >= 0.3 is 0 Å². The fraction of sp³-hybridized carbons (Fsp3) is 0.333. The van der Waals surface area contributed by atoms with Gasteiger partial charge in [0.15, 0.2) is 5.82 Å². The molecule has 7 nitrogen and oxygen atoms in total. The summed E-state index contributed by atoms with van der Waals surface area (Å²) in [7, 11) is -1.59. The number of benzene rings is 1. The normalized spacial score (nSPS) is 11.7. The van der Waals surface area contributed by atoms with E-state index >= 15 is 0 Å². The predicted molar refractivity (Wildman–Crippen MR) is 73.0 cm³/mol. The third-order valence-corrected chi connectivity index (χ3v) is 3.88. The average molecular weight is 296 g/mol. The topological polar surface area (TPSA) is 97.1 Å². The quantitative estimate of drug-likeness (QED) is 0.768. The summed E-state index contributed by atoms with van der Waals surface area (Å²) in [5, 5.41) is 6.57. The van der Waals surface area contributed by atoms with Crippen LogP contribution >= 0.6 is 0 Å². The maximum Gasteiger partial charge on any atom is 0.216 e. The summed E-state index contributed by atoms with van der Waals surface area (Å²) in [6.45, 7) is 0.721. The van der Waals surface area contributed by atoms with Gasteiger partial charge in [0.2, 0.25) is 16.4 Å². The van der Waals surface area contributed by atoms with Gasteiger partial charge in [-0.2, -0.15) is 4.98 Å². The van der Waals surface area contributed by atoms with Crippen molar-refractivity contribution in [2.45, 2.75) is 18.8 Å². The molecule has 20 heavy (non-hydrogen) atoms. The van der Waals surface area contributed by atoms with Gasteiger partial charge in [-0.05, 0) is 18.2 Å². The first kappa shape index (κ1) is 14.6. The van der Waals surface area contributed by atoms with Crippen LogP contribution in [0.2, 0.25) is 0 Å². The van der Waals surface area contributed by atoms with Crippen molar-refractivity contribution in [2.75, 3.05) is 7.05 Å². The van der Waals surface area contributed by atoms with Crippen molar-refractivity contribution in [1.29, 1.82) is 0 Å². The number of hydrogen-bond donors (Lipinski definition) is 2. The minimum atomic E-state index is -3.43. The molecule has 0 fully saturated rings.